The third-order valence-electron chi connectivity index (χ3n) is 6.03. The third kappa shape index (κ3) is 8.68. The lowest BCUT2D eigenvalue weighted by Crippen LogP contribution is -2.25. The van der Waals surface area contributed by atoms with Gasteiger partial charge in [-0.15, -0.1) is 0 Å². The minimum atomic E-state index is -1.29. The van der Waals surface area contributed by atoms with Crippen LogP contribution in [0.25, 0.3) is 5.57 Å². The fraction of sp³-hybridized carbons (Fsp3) is 0.367. The summed E-state index contributed by atoms with van der Waals surface area (Å²) in [4.78, 5) is 31.4. The number of hydrogen-bond donors (Lipinski definition) is 4. The summed E-state index contributed by atoms with van der Waals surface area (Å²) in [5.41, 5.74) is 3.30. The van der Waals surface area contributed by atoms with Crippen molar-refractivity contribution in [2.45, 2.75) is 58.6 Å². The van der Waals surface area contributed by atoms with Gasteiger partial charge in [0.25, 0.3) is 5.56 Å². The van der Waals surface area contributed by atoms with E-state index in [1.807, 2.05) is 48.5 Å². The van der Waals surface area contributed by atoms with Gasteiger partial charge in [-0.05, 0) is 47.9 Å². The van der Waals surface area contributed by atoms with Crippen LogP contribution in [0.2, 0.25) is 0 Å². The van der Waals surface area contributed by atoms with Crippen LogP contribution < -0.4 is 15.6 Å². The molecule has 0 aliphatic heterocycles. The highest BCUT2D eigenvalue weighted by molar-refractivity contribution is 5.88. The lowest BCUT2D eigenvalue weighted by molar-refractivity contribution is 0.0683. The number of carboxylic acids is 1. The quantitative estimate of drug-likeness (QED) is 0.309. The number of nitrogens with one attached hydrogen (secondary N) is 2. The fourth-order valence-corrected chi connectivity index (χ4v) is 4.21. The number of carboxylic acid groups (broad SMARTS) is 1. The normalized spacial score (nSPS) is 12.9. The highest BCUT2D eigenvalue weighted by Gasteiger charge is 2.20. The van der Waals surface area contributed by atoms with E-state index >= 15 is 0 Å². The molecule has 8 nitrogen and oxygen atoms in total. The zero-order valence-electron chi connectivity index (χ0n) is 22.1. The van der Waals surface area contributed by atoms with Crippen molar-refractivity contribution >= 4 is 11.5 Å². The topological polar surface area (TPSA) is 125 Å². The molecule has 8 heteroatoms. The van der Waals surface area contributed by atoms with Gasteiger partial charge in [-0.1, -0.05) is 74.5 Å². The molecule has 202 valence electrons. The van der Waals surface area contributed by atoms with Crippen LogP contribution in [0, 0.1) is 0 Å². The van der Waals surface area contributed by atoms with E-state index in [2.05, 4.69) is 41.3 Å². The number of allylic oxidation sites excluding steroid dienone is 2. The first kappa shape index (κ1) is 28.8. The molecule has 0 saturated heterocycles. The fourth-order valence-electron chi connectivity index (χ4n) is 4.21. The lowest BCUT2D eigenvalue weighted by Gasteiger charge is -2.17. The molecule has 1 aromatic heterocycles. The number of aliphatic hydroxyl groups excluding tert-OH is 1. The second-order valence-corrected chi connectivity index (χ2v) is 9.41. The molecule has 3 aromatic rings. The lowest BCUT2D eigenvalue weighted by atomic mass is 9.90. The predicted molar refractivity (Wildman–Crippen MR) is 149 cm³/mol. The number of rotatable bonds is 10. The Labute approximate surface area is 223 Å². The van der Waals surface area contributed by atoms with Gasteiger partial charge in [-0.25, -0.2) is 9.78 Å². The summed E-state index contributed by atoms with van der Waals surface area (Å²) in [5, 5.41) is 20.9. The first-order valence-electron chi connectivity index (χ1n) is 13.0. The van der Waals surface area contributed by atoms with Crippen molar-refractivity contribution < 1.29 is 19.7 Å². The van der Waals surface area contributed by atoms with Gasteiger partial charge in [0.1, 0.15) is 12.4 Å². The Balaban J connectivity index is 0.000000505. The Morgan fingerprint density at radius 1 is 1.11 bits per heavy atom. The van der Waals surface area contributed by atoms with Crippen LogP contribution in [0.15, 0.2) is 65.5 Å². The molecule has 4 rings (SSSR count). The van der Waals surface area contributed by atoms with Crippen LogP contribution in [0.3, 0.4) is 0 Å². The number of ether oxygens (including phenoxy) is 1. The average Bonchev–Trinajstić information content (AvgIpc) is 2.92. The summed E-state index contributed by atoms with van der Waals surface area (Å²) in [6.45, 7) is 5.13. The van der Waals surface area contributed by atoms with E-state index in [9.17, 15) is 14.7 Å². The molecule has 0 bridgehead atoms. The van der Waals surface area contributed by atoms with Crippen LogP contribution in [0.5, 0.6) is 5.75 Å². The molecule has 38 heavy (non-hydrogen) atoms. The van der Waals surface area contributed by atoms with Crippen molar-refractivity contribution in [2.75, 3.05) is 13.2 Å². The molecule has 0 radical (unpaired) electrons. The van der Waals surface area contributed by atoms with Crippen LogP contribution in [0.4, 0.5) is 0 Å². The zero-order valence-corrected chi connectivity index (χ0v) is 22.1. The molecule has 0 atom stereocenters. The number of hydrogen-bond acceptors (Lipinski definition) is 6. The minimum absolute atomic E-state index is 0.0855. The summed E-state index contributed by atoms with van der Waals surface area (Å²) in [7, 11) is 0. The molecule has 2 aromatic carbocycles. The van der Waals surface area contributed by atoms with Gasteiger partial charge in [0.2, 0.25) is 5.75 Å². The first-order valence-corrected chi connectivity index (χ1v) is 13.0. The van der Waals surface area contributed by atoms with Crippen LogP contribution in [0.1, 0.15) is 72.5 Å². The summed E-state index contributed by atoms with van der Waals surface area (Å²) >= 11 is 0. The van der Waals surface area contributed by atoms with E-state index in [0.717, 1.165) is 36.0 Å². The number of H-pyrrole nitrogens is 1. The first-order chi connectivity index (χ1) is 18.4. The third-order valence-corrected chi connectivity index (χ3v) is 6.03. The van der Waals surface area contributed by atoms with Gasteiger partial charge in [0, 0.05) is 19.0 Å². The highest BCUT2D eigenvalue weighted by Crippen LogP contribution is 2.29. The van der Waals surface area contributed by atoms with E-state index in [4.69, 9.17) is 9.84 Å². The standard InChI is InChI=1S/C25H24N2O4.C5H13NO/c28-24-23(31-16-17-9-3-1-4-10-17)22(25(29)30)26-21(27-24)15-19-13-7-8-14-20(19)18-11-5-2-6-12-18;1-5(2)6-3-4-7/h1,3-4,7-11,13-14H,2,5-6,12,15-16H2,(H,29,30)(H,26,27,28);5-7H,3-4H2,1-2H3. The number of nitrogens with zero attached hydrogens (tertiary/aromatic N) is 1. The molecule has 4 N–H and O–H groups in total. The maximum Gasteiger partial charge on any atom is 0.358 e. The molecule has 1 aliphatic rings. The van der Waals surface area contributed by atoms with Crippen molar-refractivity contribution in [1.82, 2.24) is 15.3 Å². The van der Waals surface area contributed by atoms with Crippen molar-refractivity contribution in [3.05, 3.63) is 99.2 Å². The monoisotopic (exact) mass is 519 g/mol. The van der Waals surface area contributed by atoms with E-state index < -0.39 is 11.5 Å². The molecule has 0 unspecified atom stereocenters. The maximum atomic E-state index is 12.7. The number of aromatic nitrogens is 2. The average molecular weight is 520 g/mol. The smallest absolute Gasteiger partial charge is 0.358 e. The maximum absolute atomic E-state index is 12.7. The Hall–Kier alpha value is -3.75. The SMILES string of the molecule is CC(C)NCCO.O=C(O)c1nc(Cc2ccccc2C2=CCCCC2)[nH]c(=O)c1OCc1ccccc1. The largest absolute Gasteiger partial charge is 0.481 e. The molecule has 1 aliphatic carbocycles. The summed E-state index contributed by atoms with van der Waals surface area (Å²) < 4.78 is 5.54. The molecule has 1 heterocycles. The van der Waals surface area contributed by atoms with Gasteiger partial charge in [-0.2, -0.15) is 0 Å². The molecular weight excluding hydrogens is 482 g/mol. The number of aromatic amines is 1. The van der Waals surface area contributed by atoms with Crippen molar-refractivity contribution in [3.8, 4) is 5.75 Å². The number of carbonyl (C=O) groups is 1. The molecule has 0 amide bonds. The highest BCUT2D eigenvalue weighted by atomic mass is 16.5. The molecular formula is C30H37N3O5. The van der Waals surface area contributed by atoms with E-state index in [0.29, 0.717) is 24.8 Å². The van der Waals surface area contributed by atoms with E-state index in [1.54, 1.807) is 0 Å². The molecule has 0 spiro atoms. The Bertz CT molecular complexity index is 1270. The summed E-state index contributed by atoms with van der Waals surface area (Å²) in [6, 6.07) is 17.7. The Morgan fingerprint density at radius 2 is 1.84 bits per heavy atom. The zero-order chi connectivity index (χ0) is 27.3. The van der Waals surface area contributed by atoms with Gasteiger partial charge in [0.15, 0.2) is 5.69 Å². The van der Waals surface area contributed by atoms with Crippen molar-refractivity contribution in [3.63, 3.8) is 0 Å². The number of benzene rings is 2. The minimum Gasteiger partial charge on any atom is -0.481 e. The van der Waals surface area contributed by atoms with E-state index in [-0.39, 0.29) is 24.7 Å². The van der Waals surface area contributed by atoms with Crippen LogP contribution in [-0.4, -0.2) is 45.3 Å². The van der Waals surface area contributed by atoms with Crippen molar-refractivity contribution in [1.29, 1.82) is 0 Å². The van der Waals surface area contributed by atoms with Gasteiger partial charge in [0.05, 0.1) is 6.61 Å². The Kier molecular flexibility index (Phi) is 11.3. The van der Waals surface area contributed by atoms with Crippen molar-refractivity contribution in [2.24, 2.45) is 0 Å². The van der Waals surface area contributed by atoms with E-state index in [1.165, 1.54) is 12.0 Å². The van der Waals surface area contributed by atoms with Gasteiger partial charge >= 0.3 is 5.97 Å². The second kappa shape index (κ2) is 14.9. The number of aromatic carboxylic acids is 1. The Morgan fingerprint density at radius 3 is 2.47 bits per heavy atom. The van der Waals surface area contributed by atoms with Gasteiger partial charge in [-0.3, -0.25) is 4.79 Å². The predicted octanol–water partition coefficient (Wildman–Crippen LogP) is 4.57. The summed E-state index contributed by atoms with van der Waals surface area (Å²) in [5.74, 6) is -1.26. The second-order valence-electron chi connectivity index (χ2n) is 9.41. The van der Waals surface area contributed by atoms with Crippen LogP contribution >= 0.6 is 0 Å². The van der Waals surface area contributed by atoms with Crippen LogP contribution in [-0.2, 0) is 13.0 Å². The molecule has 0 saturated carbocycles. The molecule has 0 fully saturated rings. The number of aliphatic hydroxyl groups is 1. The summed E-state index contributed by atoms with van der Waals surface area (Å²) in [6.07, 6.45) is 7.05. The van der Waals surface area contributed by atoms with Gasteiger partial charge < -0.3 is 25.3 Å².